The predicted molar refractivity (Wildman–Crippen MR) is 133 cm³/mol. The molecule has 7 nitrogen and oxygen atoms in total. The summed E-state index contributed by atoms with van der Waals surface area (Å²) in [6, 6.07) is 12.7. The lowest BCUT2D eigenvalue weighted by atomic mass is 9.89. The van der Waals surface area contributed by atoms with Crippen molar-refractivity contribution < 1.29 is 19.1 Å². The molecule has 4 rings (SSSR count). The highest BCUT2D eigenvalue weighted by Crippen LogP contribution is 2.48. The molecular formula is C26H27Cl2N3O4. The van der Waals surface area contributed by atoms with Crippen LogP contribution >= 0.6 is 23.2 Å². The zero-order valence-corrected chi connectivity index (χ0v) is 20.8. The Bertz CT molecular complexity index is 1140. The van der Waals surface area contributed by atoms with Crippen molar-refractivity contribution in [3.05, 3.63) is 82.4 Å². The Labute approximate surface area is 214 Å². The van der Waals surface area contributed by atoms with E-state index in [4.69, 9.17) is 33.8 Å². The van der Waals surface area contributed by atoms with Gasteiger partial charge in [0.2, 0.25) is 5.91 Å². The van der Waals surface area contributed by atoms with Gasteiger partial charge in [-0.15, -0.1) is 6.58 Å². The van der Waals surface area contributed by atoms with Crippen molar-refractivity contribution in [2.24, 2.45) is 11.8 Å². The molecule has 184 valence electrons. The maximum atomic E-state index is 13.9. The van der Waals surface area contributed by atoms with E-state index in [1.54, 1.807) is 35.2 Å². The summed E-state index contributed by atoms with van der Waals surface area (Å²) in [6.07, 6.45) is 1.84. The molecule has 1 saturated carbocycles. The fourth-order valence-corrected chi connectivity index (χ4v) is 4.90. The van der Waals surface area contributed by atoms with E-state index in [1.165, 1.54) is 6.92 Å². The van der Waals surface area contributed by atoms with Gasteiger partial charge in [-0.2, -0.15) is 0 Å². The van der Waals surface area contributed by atoms with Crippen molar-refractivity contribution in [1.29, 1.82) is 0 Å². The molecule has 1 aliphatic carbocycles. The monoisotopic (exact) mass is 515 g/mol. The van der Waals surface area contributed by atoms with E-state index in [9.17, 15) is 14.4 Å². The van der Waals surface area contributed by atoms with Crippen LogP contribution in [0.15, 0.2) is 61.2 Å². The van der Waals surface area contributed by atoms with E-state index in [2.05, 4.69) is 6.58 Å². The molecule has 2 N–H and O–H groups in total. The Morgan fingerprint density at radius 2 is 1.86 bits per heavy atom. The van der Waals surface area contributed by atoms with E-state index in [0.717, 1.165) is 24.0 Å². The Morgan fingerprint density at radius 3 is 2.43 bits per heavy atom. The van der Waals surface area contributed by atoms with Crippen LogP contribution in [-0.4, -0.2) is 39.8 Å². The third kappa shape index (κ3) is 5.28. The zero-order chi connectivity index (χ0) is 25.3. The van der Waals surface area contributed by atoms with Crippen LogP contribution in [0, 0.1) is 5.92 Å². The lowest BCUT2D eigenvalue weighted by Gasteiger charge is -2.48. The molecule has 9 heteroatoms. The minimum Gasteiger partial charge on any atom is -0.358 e. The van der Waals surface area contributed by atoms with Gasteiger partial charge >= 0.3 is 0 Å². The van der Waals surface area contributed by atoms with Crippen molar-refractivity contribution in [2.75, 3.05) is 0 Å². The van der Waals surface area contributed by atoms with Crippen molar-refractivity contribution in [3.8, 4) is 0 Å². The lowest BCUT2D eigenvalue weighted by molar-refractivity contribution is -0.184. The van der Waals surface area contributed by atoms with Gasteiger partial charge in [-0.25, -0.2) is 10.9 Å². The van der Waals surface area contributed by atoms with Gasteiger partial charge in [0, 0.05) is 23.4 Å². The molecule has 35 heavy (non-hydrogen) atoms. The molecule has 1 saturated heterocycles. The van der Waals surface area contributed by atoms with Crippen LogP contribution in [-0.2, 0) is 19.1 Å². The molecule has 1 aliphatic heterocycles. The van der Waals surface area contributed by atoms with Crippen LogP contribution in [0.3, 0.4) is 0 Å². The minimum absolute atomic E-state index is 0.117. The van der Waals surface area contributed by atoms with Crippen molar-refractivity contribution in [3.63, 3.8) is 0 Å². The van der Waals surface area contributed by atoms with Gasteiger partial charge in [-0.3, -0.25) is 14.4 Å². The molecule has 0 aromatic heterocycles. The maximum absolute atomic E-state index is 13.9. The fraction of sp³-hybridized carbons (Fsp3) is 0.346. The molecule has 3 amide bonds. The molecule has 2 aliphatic rings. The number of nitrogens with two attached hydrogens (primary N) is 1. The van der Waals surface area contributed by atoms with Gasteiger partial charge in [-0.05, 0) is 54.2 Å². The van der Waals surface area contributed by atoms with Gasteiger partial charge in [0.05, 0.1) is 6.04 Å². The molecule has 2 fully saturated rings. The smallest absolute Gasteiger partial charge is 0.266 e. The first-order chi connectivity index (χ1) is 16.7. The third-order valence-corrected chi connectivity index (χ3v) is 6.88. The molecule has 0 unspecified atom stereocenters. The van der Waals surface area contributed by atoms with E-state index in [1.807, 2.05) is 24.3 Å². The summed E-state index contributed by atoms with van der Waals surface area (Å²) in [6.45, 7) is 4.98. The number of morpholine rings is 1. The second kappa shape index (κ2) is 10.5. The molecular weight excluding hydrogens is 489 g/mol. The quantitative estimate of drug-likeness (QED) is 0.251. The van der Waals surface area contributed by atoms with Crippen LogP contribution < -0.4 is 5.84 Å². The zero-order valence-electron chi connectivity index (χ0n) is 19.3. The summed E-state index contributed by atoms with van der Waals surface area (Å²) in [5.41, 5.74) is 1.48. The normalized spacial score (nSPS) is 23.0. The molecule has 2 aromatic rings. The number of rotatable bonds is 7. The molecule has 0 spiro atoms. The predicted octanol–water partition coefficient (Wildman–Crippen LogP) is 4.61. The van der Waals surface area contributed by atoms with Crippen LogP contribution in [0.2, 0.25) is 10.0 Å². The lowest BCUT2D eigenvalue weighted by Crippen LogP contribution is -2.61. The Morgan fingerprint density at radius 1 is 1.17 bits per heavy atom. The number of carbonyl (C=O) groups is 3. The number of carbonyl (C=O) groups excluding carboxylic acids is 3. The van der Waals surface area contributed by atoms with E-state index in [0.29, 0.717) is 15.1 Å². The van der Waals surface area contributed by atoms with Crippen LogP contribution in [0.1, 0.15) is 49.5 Å². The number of ether oxygens (including phenoxy) is 1. The number of hydrogen-bond donors (Lipinski definition) is 1. The first-order valence-electron chi connectivity index (χ1n) is 11.4. The molecule has 4 atom stereocenters. The second-order valence-corrected chi connectivity index (χ2v) is 9.75. The summed E-state index contributed by atoms with van der Waals surface area (Å²) in [5.74, 6) is 4.17. The number of hydrogen-bond acceptors (Lipinski definition) is 5. The summed E-state index contributed by atoms with van der Waals surface area (Å²) < 4.78 is 6.37. The second-order valence-electron chi connectivity index (χ2n) is 8.88. The Kier molecular flexibility index (Phi) is 7.62. The number of nitrogens with zero attached hydrogens (tertiary/aromatic N) is 2. The van der Waals surface area contributed by atoms with Crippen molar-refractivity contribution in [2.45, 2.75) is 50.5 Å². The van der Waals surface area contributed by atoms with Gasteiger partial charge in [0.25, 0.3) is 11.8 Å². The van der Waals surface area contributed by atoms with Gasteiger partial charge < -0.3 is 9.64 Å². The van der Waals surface area contributed by atoms with Gasteiger partial charge in [0.15, 0.2) is 0 Å². The minimum atomic E-state index is -0.921. The van der Waals surface area contributed by atoms with Gasteiger partial charge in [0.1, 0.15) is 18.2 Å². The molecule has 0 bridgehead atoms. The maximum Gasteiger partial charge on any atom is 0.266 e. The summed E-state index contributed by atoms with van der Waals surface area (Å²) in [5, 5.41) is 1.65. The summed E-state index contributed by atoms with van der Waals surface area (Å²) in [4.78, 5) is 40.9. The van der Waals surface area contributed by atoms with Crippen LogP contribution in [0.5, 0.6) is 0 Å². The number of amides is 3. The fourth-order valence-electron chi connectivity index (χ4n) is 4.57. The highest BCUT2D eigenvalue weighted by Gasteiger charge is 2.53. The number of benzene rings is 2. The average Bonchev–Trinajstić information content (AvgIpc) is 3.66. The van der Waals surface area contributed by atoms with E-state index in [-0.39, 0.29) is 18.2 Å². The van der Waals surface area contributed by atoms with Crippen molar-refractivity contribution >= 4 is 40.9 Å². The molecule has 1 heterocycles. The Hall–Kier alpha value is -2.71. The largest absolute Gasteiger partial charge is 0.358 e. The number of imide groups is 1. The SMILES string of the molecule is C=CC[C@@H]1O[C@@H](c2cccc(Cl)c2)[C@@H](c2ccc(Cl)cc2)N([C@H](C(=O)N(N)C(C)=O)C2CC2)C1=O. The highest BCUT2D eigenvalue weighted by molar-refractivity contribution is 6.30. The van der Waals surface area contributed by atoms with E-state index >= 15 is 0 Å². The van der Waals surface area contributed by atoms with Crippen LogP contribution in [0.4, 0.5) is 0 Å². The Balaban J connectivity index is 1.89. The number of halogens is 2. The standard InChI is InChI=1S/C26H27Cl2N3O4/c1-3-5-21-25(33)30(23(17-8-9-17)26(34)31(29)15(2)32)22(16-10-12-19(27)13-11-16)24(35-21)18-6-4-7-20(28)14-18/h3-4,6-7,10-14,17,21-24H,1,5,8-9,29H2,2H3/t21-,22+,23-,24-/m0/s1. The summed E-state index contributed by atoms with van der Waals surface area (Å²) >= 11 is 12.5. The summed E-state index contributed by atoms with van der Waals surface area (Å²) in [7, 11) is 0. The number of hydrazine groups is 1. The first-order valence-corrected chi connectivity index (χ1v) is 12.2. The topological polar surface area (TPSA) is 92.9 Å². The van der Waals surface area contributed by atoms with Crippen LogP contribution in [0.25, 0.3) is 0 Å². The van der Waals surface area contributed by atoms with Crippen molar-refractivity contribution in [1.82, 2.24) is 9.91 Å². The van der Waals surface area contributed by atoms with E-state index < -0.39 is 36.1 Å². The van der Waals surface area contributed by atoms with Gasteiger partial charge in [-0.1, -0.05) is 53.5 Å². The third-order valence-electron chi connectivity index (χ3n) is 6.39. The molecule has 2 aromatic carbocycles. The highest BCUT2D eigenvalue weighted by atomic mass is 35.5. The average molecular weight is 516 g/mol. The molecule has 0 radical (unpaired) electrons. The first kappa shape index (κ1) is 25.4.